The van der Waals surface area contributed by atoms with E-state index in [0.717, 1.165) is 39.7 Å². The minimum Gasteiger partial charge on any atom is -1.00 e. The van der Waals surface area contributed by atoms with E-state index in [4.69, 9.17) is 9.97 Å². The van der Waals surface area contributed by atoms with Gasteiger partial charge in [0.15, 0.2) is 0 Å². The fourth-order valence-electron chi connectivity index (χ4n) is 5.84. The van der Waals surface area contributed by atoms with Crippen molar-refractivity contribution in [2.75, 3.05) is 0 Å². The van der Waals surface area contributed by atoms with Gasteiger partial charge in [0.1, 0.15) is 23.2 Å². The minimum absolute atomic E-state index is 0. The first-order chi connectivity index (χ1) is 20.8. The summed E-state index contributed by atoms with van der Waals surface area (Å²) in [5.74, 6) is 0. The lowest BCUT2D eigenvalue weighted by molar-refractivity contribution is -0.00000814. The van der Waals surface area contributed by atoms with E-state index in [1.54, 1.807) is 0 Å². The van der Waals surface area contributed by atoms with Crippen molar-refractivity contribution in [2.24, 2.45) is 0 Å². The smallest absolute Gasteiger partial charge is 0.116 e. The van der Waals surface area contributed by atoms with Gasteiger partial charge in [-0.3, -0.25) is 0 Å². The zero-order valence-corrected chi connectivity index (χ0v) is 26.1. The number of rotatable bonds is 7. The third-order valence-electron chi connectivity index (χ3n) is 7.83. The van der Waals surface area contributed by atoms with Crippen LogP contribution in [0.4, 0.5) is 0 Å². The predicted molar refractivity (Wildman–Crippen MR) is 179 cm³/mol. The van der Waals surface area contributed by atoms with Crippen molar-refractivity contribution in [3.05, 3.63) is 175 Å². The lowest BCUT2D eigenvalue weighted by Gasteiger charge is -2.28. The summed E-state index contributed by atoms with van der Waals surface area (Å²) >= 11 is 0. The molecule has 0 amide bonds. The first kappa shape index (κ1) is 28.7. The van der Waals surface area contributed by atoms with E-state index in [2.05, 4.69) is 158 Å². The van der Waals surface area contributed by atoms with E-state index in [0.29, 0.717) is 0 Å². The first-order valence-electron chi connectivity index (χ1n) is 14.3. The molecule has 0 aliphatic heterocycles. The summed E-state index contributed by atoms with van der Waals surface area (Å²) in [5.41, 5.74) is 7.02. The van der Waals surface area contributed by atoms with E-state index < -0.39 is 7.26 Å². The van der Waals surface area contributed by atoms with Gasteiger partial charge in [0.2, 0.25) is 0 Å². The highest BCUT2D eigenvalue weighted by Crippen LogP contribution is 2.58. The first-order valence-corrected chi connectivity index (χ1v) is 16.3. The molecule has 0 saturated heterocycles. The summed E-state index contributed by atoms with van der Waals surface area (Å²) in [5, 5.41) is 4.12. The highest BCUT2D eigenvalue weighted by Gasteiger charge is 2.45. The van der Waals surface area contributed by atoms with Crippen LogP contribution in [0.5, 0.6) is 0 Å². The highest BCUT2D eigenvalue weighted by atomic mass is 79.9. The minimum atomic E-state index is -2.03. The molecule has 1 heterocycles. The lowest BCUT2D eigenvalue weighted by atomic mass is 10.0. The predicted octanol–water partition coefficient (Wildman–Crippen LogP) is 5.46. The molecule has 0 aliphatic carbocycles. The number of nitrogens with zero attached hydrogens (tertiary/aromatic N) is 2. The van der Waals surface area contributed by atoms with Gasteiger partial charge in [0.25, 0.3) is 0 Å². The van der Waals surface area contributed by atoms with Gasteiger partial charge in [-0.1, -0.05) is 121 Å². The molecule has 0 N–H and O–H groups in total. The number of hydrogen-bond donors (Lipinski definition) is 0. The average Bonchev–Trinajstić information content (AvgIpc) is 3.08. The van der Waals surface area contributed by atoms with Crippen molar-refractivity contribution in [2.45, 2.75) is 6.16 Å². The van der Waals surface area contributed by atoms with Crippen LogP contribution in [0.3, 0.4) is 0 Å². The van der Waals surface area contributed by atoms with Crippen LogP contribution in [0.2, 0.25) is 0 Å². The Kier molecular flexibility index (Phi) is 8.56. The van der Waals surface area contributed by atoms with Gasteiger partial charge in [0.05, 0.1) is 28.6 Å². The number of benzene rings is 6. The number of fused-ring (bicyclic) bond motifs is 1. The molecule has 0 radical (unpaired) electrons. The molecule has 43 heavy (non-hydrogen) atoms. The van der Waals surface area contributed by atoms with Crippen LogP contribution in [0, 0.1) is 0 Å². The van der Waals surface area contributed by atoms with Crippen LogP contribution in [-0.2, 0) is 6.16 Å². The SMILES string of the molecule is [Br-].c1ccc(-c2nc3ccc(C[P+](c4ccccc4)(c4ccccc4)c4ccccc4)cc3nc2-c2ccccc2)cc1. The zero-order valence-electron chi connectivity index (χ0n) is 23.6. The molecule has 0 bridgehead atoms. The third-order valence-corrected chi connectivity index (χ3v) is 12.2. The summed E-state index contributed by atoms with van der Waals surface area (Å²) in [6, 6.07) is 60.5. The van der Waals surface area contributed by atoms with Gasteiger partial charge in [-0.05, 0) is 54.1 Å². The molecule has 1 aromatic heterocycles. The molecule has 0 saturated carbocycles. The molecule has 7 aromatic rings. The lowest BCUT2D eigenvalue weighted by Crippen LogP contribution is -3.00. The molecule has 0 atom stereocenters. The molecule has 0 aliphatic rings. The number of hydrogen-bond acceptors (Lipinski definition) is 2. The second-order valence-corrected chi connectivity index (χ2v) is 13.9. The van der Waals surface area contributed by atoms with Crippen LogP contribution >= 0.6 is 7.26 Å². The van der Waals surface area contributed by atoms with Gasteiger partial charge >= 0.3 is 0 Å². The van der Waals surface area contributed by atoms with E-state index >= 15 is 0 Å². The van der Waals surface area contributed by atoms with Crippen molar-refractivity contribution in [1.29, 1.82) is 0 Å². The zero-order chi connectivity index (χ0) is 28.2. The van der Waals surface area contributed by atoms with Gasteiger partial charge < -0.3 is 17.0 Å². The van der Waals surface area contributed by atoms with Gasteiger partial charge in [-0.15, -0.1) is 0 Å². The molecule has 0 unspecified atom stereocenters. The molecule has 6 aromatic carbocycles. The van der Waals surface area contributed by atoms with E-state index in [-0.39, 0.29) is 17.0 Å². The fourth-order valence-corrected chi connectivity index (χ4v) is 10.1. The summed E-state index contributed by atoms with van der Waals surface area (Å²) in [7, 11) is -2.03. The largest absolute Gasteiger partial charge is 1.00 e. The van der Waals surface area contributed by atoms with Crippen LogP contribution in [-0.4, -0.2) is 9.97 Å². The maximum absolute atomic E-state index is 5.28. The van der Waals surface area contributed by atoms with E-state index in [1.165, 1.54) is 21.5 Å². The normalized spacial score (nSPS) is 11.2. The highest BCUT2D eigenvalue weighted by molar-refractivity contribution is 7.95. The van der Waals surface area contributed by atoms with E-state index in [1.807, 2.05) is 12.1 Å². The van der Waals surface area contributed by atoms with Gasteiger partial charge in [-0.2, -0.15) is 0 Å². The summed E-state index contributed by atoms with van der Waals surface area (Å²) in [6.45, 7) is 0. The number of aromatic nitrogens is 2. The molecule has 4 heteroatoms. The van der Waals surface area contributed by atoms with Gasteiger partial charge in [0, 0.05) is 11.1 Å². The Balaban J connectivity index is 0.00000329. The summed E-state index contributed by atoms with van der Waals surface area (Å²) < 4.78 is 0. The van der Waals surface area contributed by atoms with E-state index in [9.17, 15) is 0 Å². The molecule has 2 nitrogen and oxygen atoms in total. The Morgan fingerprint density at radius 2 is 0.767 bits per heavy atom. The molecular formula is C39H30BrN2P. The second-order valence-electron chi connectivity index (χ2n) is 10.5. The second kappa shape index (κ2) is 12.8. The molecular weight excluding hydrogens is 607 g/mol. The Morgan fingerprint density at radius 1 is 0.395 bits per heavy atom. The standard InChI is InChI=1S/C39H30N2P.BrH/c1-6-16-31(17-7-1)38-39(32-18-8-2-9-19-32)41-37-28-30(26-27-36(37)40-38)29-42(33-20-10-3-11-21-33,34-22-12-4-13-23-34)35-24-14-5-15-25-35;/h1-28H,29H2;1H/q+1;/p-1. The Labute approximate surface area is 264 Å². The van der Waals surface area contributed by atoms with Crippen molar-refractivity contribution in [3.63, 3.8) is 0 Å². The quantitative estimate of drug-likeness (QED) is 0.217. The molecule has 0 spiro atoms. The maximum atomic E-state index is 5.28. The third kappa shape index (κ3) is 5.67. The molecule has 7 rings (SSSR count). The number of halogens is 1. The Morgan fingerprint density at radius 3 is 1.19 bits per heavy atom. The average molecular weight is 638 g/mol. The summed E-state index contributed by atoms with van der Waals surface area (Å²) in [6.07, 6.45) is 0.893. The monoisotopic (exact) mass is 636 g/mol. The van der Waals surface area contributed by atoms with Crippen molar-refractivity contribution >= 4 is 34.2 Å². The van der Waals surface area contributed by atoms with Crippen LogP contribution in [0.15, 0.2) is 170 Å². The fraction of sp³-hybridized carbons (Fsp3) is 0.0256. The Bertz CT molecular complexity index is 1840. The molecule has 0 fully saturated rings. The summed E-state index contributed by atoms with van der Waals surface area (Å²) in [4.78, 5) is 10.5. The molecule has 208 valence electrons. The van der Waals surface area contributed by atoms with Crippen LogP contribution < -0.4 is 32.9 Å². The Hall–Kier alpha value is -4.43. The topological polar surface area (TPSA) is 25.8 Å². The van der Waals surface area contributed by atoms with Gasteiger partial charge in [-0.25, -0.2) is 9.97 Å². The maximum Gasteiger partial charge on any atom is 0.116 e. The van der Waals surface area contributed by atoms with Crippen molar-refractivity contribution in [3.8, 4) is 22.5 Å². The van der Waals surface area contributed by atoms with Crippen LogP contribution in [0.25, 0.3) is 33.5 Å². The van der Waals surface area contributed by atoms with Crippen molar-refractivity contribution in [1.82, 2.24) is 9.97 Å². The van der Waals surface area contributed by atoms with Crippen LogP contribution in [0.1, 0.15) is 5.56 Å². The van der Waals surface area contributed by atoms with Crippen molar-refractivity contribution < 1.29 is 17.0 Å².